The molecule has 0 aliphatic heterocycles. The van der Waals surface area contributed by atoms with E-state index in [2.05, 4.69) is 4.98 Å². The lowest BCUT2D eigenvalue weighted by Gasteiger charge is -1.96. The average molecular weight is 143 g/mol. The van der Waals surface area contributed by atoms with E-state index in [-0.39, 0.29) is 5.69 Å². The second-order valence-corrected chi connectivity index (χ2v) is 1.59. The van der Waals surface area contributed by atoms with Crippen LogP contribution in [0.4, 0.5) is 0 Å². The van der Waals surface area contributed by atoms with Crippen LogP contribution in [0.1, 0.15) is 15.3 Å². The third-order valence-corrected chi connectivity index (χ3v) is 0.918. The molecule has 0 bridgehead atoms. The summed E-state index contributed by atoms with van der Waals surface area (Å²) in [6.45, 7) is -5.53. The van der Waals surface area contributed by atoms with Crippen molar-refractivity contribution in [1.29, 1.82) is 0 Å². The SMILES string of the molecule is [2H]C([2H])([2H])NC([2H])([2H])C([2H])([2H])c1ccccn1. The maximum Gasteiger partial charge on any atom is 0.0432 e. The monoisotopic (exact) mass is 143 g/mol. The van der Waals surface area contributed by atoms with Crippen molar-refractivity contribution >= 4 is 0 Å². The van der Waals surface area contributed by atoms with E-state index in [9.17, 15) is 0 Å². The van der Waals surface area contributed by atoms with Crippen LogP contribution in [0.5, 0.6) is 0 Å². The van der Waals surface area contributed by atoms with E-state index < -0.39 is 19.8 Å². The maximum atomic E-state index is 7.67. The molecule has 1 aromatic heterocycles. The Bertz CT molecular complexity index is 373. The third kappa shape index (κ3) is 2.15. The molecule has 1 N–H and O–H groups in total. The van der Waals surface area contributed by atoms with Crippen molar-refractivity contribution in [3.05, 3.63) is 30.1 Å². The van der Waals surface area contributed by atoms with E-state index in [1.54, 1.807) is 11.4 Å². The van der Waals surface area contributed by atoms with E-state index in [1.165, 1.54) is 18.3 Å². The van der Waals surface area contributed by atoms with Crippen LogP contribution in [0.2, 0.25) is 0 Å². The van der Waals surface area contributed by atoms with E-state index in [0.29, 0.717) is 0 Å². The summed E-state index contributed by atoms with van der Waals surface area (Å²) in [5, 5.41) is 1.65. The summed E-state index contributed by atoms with van der Waals surface area (Å²) < 4.78 is 51.1. The minimum atomic E-state index is -2.77. The lowest BCUT2D eigenvalue weighted by molar-refractivity contribution is 0.776. The molecule has 10 heavy (non-hydrogen) atoms. The Morgan fingerprint density at radius 2 is 2.80 bits per heavy atom. The quantitative estimate of drug-likeness (QED) is 0.678. The van der Waals surface area contributed by atoms with Crippen molar-refractivity contribution < 1.29 is 9.60 Å². The Hall–Kier alpha value is -0.890. The molecule has 0 aliphatic carbocycles. The molecule has 0 saturated heterocycles. The largest absolute Gasteiger partial charge is 0.319 e. The molecule has 0 spiro atoms. The van der Waals surface area contributed by atoms with Crippen LogP contribution >= 0.6 is 0 Å². The molecule has 2 heteroatoms. The van der Waals surface area contributed by atoms with Crippen LogP contribution in [-0.2, 0) is 6.37 Å². The van der Waals surface area contributed by atoms with Gasteiger partial charge in [-0.3, -0.25) is 4.98 Å². The highest BCUT2D eigenvalue weighted by atomic mass is 14.8. The molecule has 2 nitrogen and oxygen atoms in total. The van der Waals surface area contributed by atoms with Gasteiger partial charge >= 0.3 is 0 Å². The molecule has 0 saturated carbocycles. The predicted molar refractivity (Wildman–Crippen MR) is 41.9 cm³/mol. The summed E-state index contributed by atoms with van der Waals surface area (Å²) >= 11 is 0. The first kappa shape index (κ1) is 2.31. The number of nitrogens with one attached hydrogen (secondary N) is 1. The van der Waals surface area contributed by atoms with Crippen molar-refractivity contribution in [3.63, 3.8) is 0 Å². The minimum absolute atomic E-state index is 0.165. The number of likely N-dealkylation sites (N-methyl/N-ethyl adjacent to an activating group) is 1. The van der Waals surface area contributed by atoms with Gasteiger partial charge in [-0.2, -0.15) is 0 Å². The zero-order valence-corrected chi connectivity index (χ0v) is 5.26. The Morgan fingerprint density at radius 1 is 1.80 bits per heavy atom. The Balaban J connectivity index is 3.05. The van der Waals surface area contributed by atoms with E-state index >= 15 is 0 Å². The van der Waals surface area contributed by atoms with Crippen molar-refractivity contribution in [2.24, 2.45) is 0 Å². The van der Waals surface area contributed by atoms with Gasteiger partial charge < -0.3 is 5.32 Å². The second kappa shape index (κ2) is 4.01. The number of aromatic nitrogens is 1. The zero-order valence-electron chi connectivity index (χ0n) is 12.3. The van der Waals surface area contributed by atoms with Crippen LogP contribution in [0.15, 0.2) is 24.4 Å². The van der Waals surface area contributed by atoms with Gasteiger partial charge in [0.05, 0.1) is 0 Å². The Kier molecular flexibility index (Phi) is 0.926. The smallest absolute Gasteiger partial charge is 0.0432 e. The molecule has 0 atom stereocenters. The van der Waals surface area contributed by atoms with Gasteiger partial charge in [0.1, 0.15) is 0 Å². The third-order valence-electron chi connectivity index (χ3n) is 0.918. The van der Waals surface area contributed by atoms with Crippen molar-refractivity contribution in [2.75, 3.05) is 13.5 Å². The lowest BCUT2D eigenvalue weighted by Crippen LogP contribution is -2.10. The molecule has 0 radical (unpaired) electrons. The van der Waals surface area contributed by atoms with Crippen LogP contribution in [0.3, 0.4) is 0 Å². The van der Waals surface area contributed by atoms with E-state index in [4.69, 9.17) is 9.60 Å². The number of pyridine rings is 1. The molecule has 0 aromatic carbocycles. The minimum Gasteiger partial charge on any atom is -0.319 e. The number of rotatable bonds is 3. The summed E-state index contributed by atoms with van der Waals surface area (Å²) in [5.41, 5.74) is -0.165. The number of nitrogens with zero attached hydrogens (tertiary/aromatic N) is 1. The highest BCUT2D eigenvalue weighted by molar-refractivity contribution is 5.03. The number of aryl methyl sites for hydroxylation is 1. The van der Waals surface area contributed by atoms with Gasteiger partial charge in [-0.1, -0.05) is 6.07 Å². The maximum absolute atomic E-state index is 7.67. The van der Waals surface area contributed by atoms with E-state index in [1.807, 2.05) is 0 Å². The topological polar surface area (TPSA) is 24.9 Å². The van der Waals surface area contributed by atoms with Gasteiger partial charge in [0, 0.05) is 34.4 Å². The number of hydrogen-bond donors (Lipinski definition) is 1. The molecular formula is C8H12N2. The van der Waals surface area contributed by atoms with Gasteiger partial charge in [-0.05, 0) is 19.1 Å². The average Bonchev–Trinajstić information content (AvgIpc) is 2.15. The molecule has 0 aliphatic rings. The predicted octanol–water partition coefficient (Wildman–Crippen LogP) is 0.843. The number of hydrogen-bond acceptors (Lipinski definition) is 2. The summed E-state index contributed by atoms with van der Waals surface area (Å²) in [5.74, 6) is 0. The molecule has 54 valence electrons. The summed E-state index contributed by atoms with van der Waals surface area (Å²) in [7, 11) is 0. The highest BCUT2D eigenvalue weighted by Crippen LogP contribution is 1.92. The molecule has 0 amide bonds. The first-order chi connectivity index (χ1) is 7.56. The van der Waals surface area contributed by atoms with Gasteiger partial charge in [-0.15, -0.1) is 0 Å². The highest BCUT2D eigenvalue weighted by Gasteiger charge is 1.88. The molecular weight excluding hydrogens is 124 g/mol. The van der Waals surface area contributed by atoms with Gasteiger partial charge in [0.25, 0.3) is 0 Å². The molecule has 1 aromatic rings. The lowest BCUT2D eigenvalue weighted by atomic mass is 10.3. The summed E-state index contributed by atoms with van der Waals surface area (Å²) in [4.78, 5) is 3.71. The van der Waals surface area contributed by atoms with Crippen LogP contribution < -0.4 is 5.32 Å². The molecule has 0 fully saturated rings. The fraction of sp³-hybridized carbons (Fsp3) is 0.375. The standard InChI is InChI=1S/C8H12N2/c1-9-7-5-8-4-2-3-6-10-8/h2-4,6,9H,5,7H2,1H3/i1D3,5D2,7D2. The van der Waals surface area contributed by atoms with E-state index in [0.717, 1.165) is 0 Å². The second-order valence-electron chi connectivity index (χ2n) is 1.59. The van der Waals surface area contributed by atoms with Crippen LogP contribution in [0, 0.1) is 0 Å². The Labute approximate surface area is 71.1 Å². The van der Waals surface area contributed by atoms with Crippen molar-refractivity contribution in [3.8, 4) is 0 Å². The normalized spacial score (nSPS) is 24.2. The van der Waals surface area contributed by atoms with Crippen molar-refractivity contribution in [1.82, 2.24) is 10.3 Å². The first-order valence-corrected chi connectivity index (χ1v) is 2.77. The van der Waals surface area contributed by atoms with Gasteiger partial charge in [-0.25, -0.2) is 0 Å². The van der Waals surface area contributed by atoms with Crippen LogP contribution in [0.25, 0.3) is 0 Å². The Morgan fingerprint density at radius 3 is 3.50 bits per heavy atom. The molecule has 1 rings (SSSR count). The molecule has 0 unspecified atom stereocenters. The van der Waals surface area contributed by atoms with Gasteiger partial charge in [0.2, 0.25) is 0 Å². The zero-order chi connectivity index (χ0) is 13.3. The van der Waals surface area contributed by atoms with Crippen LogP contribution in [-0.4, -0.2) is 18.5 Å². The van der Waals surface area contributed by atoms with Crippen molar-refractivity contribution in [2.45, 2.75) is 6.37 Å². The van der Waals surface area contributed by atoms with Gasteiger partial charge in [0.15, 0.2) is 0 Å². The summed E-state index contributed by atoms with van der Waals surface area (Å²) in [6.07, 6.45) is -1.23. The fourth-order valence-electron chi connectivity index (χ4n) is 0.532. The first-order valence-electron chi connectivity index (χ1n) is 6.27. The fourth-order valence-corrected chi connectivity index (χ4v) is 0.532. The molecule has 1 heterocycles. The summed E-state index contributed by atoms with van der Waals surface area (Å²) in [6, 6.07) is 4.37.